The van der Waals surface area contributed by atoms with Gasteiger partial charge in [-0.25, -0.2) is 4.39 Å². The predicted octanol–water partition coefficient (Wildman–Crippen LogP) is 4.85. The van der Waals surface area contributed by atoms with Crippen LogP contribution < -0.4 is 4.74 Å². The molecule has 0 aromatic heterocycles. The molecule has 0 N–H and O–H groups in total. The Kier molecular flexibility index (Phi) is 6.41. The standard InChI is InChI=1S/C23H26FNO2.ClH/c1-27-20-8-9-21-18(16-20)10-13-23(22(21)26)12-2-3-14-25(23)15-11-17-4-6-19(24)7-5-17;/h4-9,16H,2-3,10-15H2,1H3;1H/t23-;/m0./s1. The maximum Gasteiger partial charge on any atom is 0.183 e. The molecule has 0 unspecified atom stereocenters. The van der Waals surface area contributed by atoms with Crippen LogP contribution in [0.15, 0.2) is 42.5 Å². The number of carbonyl (C=O) groups excluding carboxylic acids is 1. The van der Waals surface area contributed by atoms with Gasteiger partial charge in [0.1, 0.15) is 11.6 Å². The van der Waals surface area contributed by atoms with Gasteiger partial charge < -0.3 is 4.74 Å². The second-order valence-electron chi connectivity index (χ2n) is 7.70. The average molecular weight is 404 g/mol. The molecule has 1 atom stereocenters. The number of aryl methyl sites for hydroxylation is 1. The lowest BCUT2D eigenvalue weighted by molar-refractivity contribution is 0.0298. The van der Waals surface area contributed by atoms with Crippen molar-refractivity contribution in [1.82, 2.24) is 4.90 Å². The van der Waals surface area contributed by atoms with Gasteiger partial charge in [-0.15, -0.1) is 12.4 Å². The lowest BCUT2D eigenvalue weighted by Gasteiger charge is -2.48. The highest BCUT2D eigenvalue weighted by molar-refractivity contribution is 6.05. The third-order valence-electron chi connectivity index (χ3n) is 6.24. The molecule has 1 saturated heterocycles. The van der Waals surface area contributed by atoms with E-state index >= 15 is 0 Å². The number of benzene rings is 2. The number of methoxy groups -OCH3 is 1. The van der Waals surface area contributed by atoms with E-state index in [4.69, 9.17) is 4.74 Å². The molecule has 1 spiro atoms. The number of carbonyl (C=O) groups is 1. The number of hydrogen-bond acceptors (Lipinski definition) is 3. The summed E-state index contributed by atoms with van der Waals surface area (Å²) >= 11 is 0. The second kappa shape index (κ2) is 8.62. The zero-order valence-corrected chi connectivity index (χ0v) is 17.1. The van der Waals surface area contributed by atoms with E-state index in [1.54, 1.807) is 7.11 Å². The molecule has 0 radical (unpaired) electrons. The monoisotopic (exact) mass is 403 g/mol. The summed E-state index contributed by atoms with van der Waals surface area (Å²) < 4.78 is 18.5. The molecule has 0 amide bonds. The van der Waals surface area contributed by atoms with Crippen LogP contribution in [-0.4, -0.2) is 36.4 Å². The average Bonchev–Trinajstić information content (AvgIpc) is 2.71. The summed E-state index contributed by atoms with van der Waals surface area (Å²) in [7, 11) is 1.66. The summed E-state index contributed by atoms with van der Waals surface area (Å²) in [6.07, 6.45) is 5.78. The second-order valence-corrected chi connectivity index (χ2v) is 7.70. The Balaban J connectivity index is 0.00000225. The summed E-state index contributed by atoms with van der Waals surface area (Å²) in [5, 5.41) is 0. The van der Waals surface area contributed by atoms with E-state index in [9.17, 15) is 9.18 Å². The van der Waals surface area contributed by atoms with Crippen molar-refractivity contribution in [3.05, 3.63) is 65.0 Å². The number of hydrogen-bond donors (Lipinski definition) is 0. The van der Waals surface area contributed by atoms with Crippen LogP contribution in [0.25, 0.3) is 0 Å². The largest absolute Gasteiger partial charge is 0.497 e. The number of likely N-dealkylation sites (tertiary alicyclic amines) is 1. The van der Waals surface area contributed by atoms with Crippen LogP contribution in [-0.2, 0) is 12.8 Å². The number of Topliss-reactive ketones (excluding diaryl/α,β-unsaturated/α-hetero) is 1. The molecule has 5 heteroatoms. The molecule has 1 aliphatic heterocycles. The van der Waals surface area contributed by atoms with Crippen LogP contribution in [0.5, 0.6) is 5.75 Å². The summed E-state index contributed by atoms with van der Waals surface area (Å²) in [5.41, 5.74) is 2.70. The minimum absolute atomic E-state index is 0. The van der Waals surface area contributed by atoms with Crippen molar-refractivity contribution in [2.45, 2.75) is 44.1 Å². The van der Waals surface area contributed by atoms with Gasteiger partial charge >= 0.3 is 0 Å². The van der Waals surface area contributed by atoms with Crippen molar-refractivity contribution in [1.29, 1.82) is 0 Å². The summed E-state index contributed by atoms with van der Waals surface area (Å²) in [4.78, 5) is 15.9. The Morgan fingerprint density at radius 2 is 1.89 bits per heavy atom. The third-order valence-corrected chi connectivity index (χ3v) is 6.24. The van der Waals surface area contributed by atoms with E-state index in [0.717, 1.165) is 74.1 Å². The van der Waals surface area contributed by atoms with Crippen molar-refractivity contribution in [3.8, 4) is 5.75 Å². The summed E-state index contributed by atoms with van der Waals surface area (Å²) in [6, 6.07) is 12.5. The molecule has 2 aromatic carbocycles. The minimum Gasteiger partial charge on any atom is -0.497 e. The first-order valence-electron chi connectivity index (χ1n) is 9.84. The molecule has 2 aromatic rings. The Morgan fingerprint density at radius 1 is 1.11 bits per heavy atom. The fraction of sp³-hybridized carbons (Fsp3) is 0.435. The van der Waals surface area contributed by atoms with E-state index in [1.165, 1.54) is 12.1 Å². The molecule has 4 rings (SSSR count). The van der Waals surface area contributed by atoms with Gasteiger partial charge in [0.25, 0.3) is 0 Å². The zero-order chi connectivity index (χ0) is 18.9. The van der Waals surface area contributed by atoms with Crippen molar-refractivity contribution in [2.24, 2.45) is 0 Å². The molecule has 1 fully saturated rings. The van der Waals surface area contributed by atoms with Crippen molar-refractivity contribution >= 4 is 18.2 Å². The van der Waals surface area contributed by atoms with E-state index < -0.39 is 0 Å². The Labute approximate surface area is 172 Å². The number of fused-ring (bicyclic) bond motifs is 1. The van der Waals surface area contributed by atoms with E-state index in [-0.39, 0.29) is 29.5 Å². The maximum absolute atomic E-state index is 13.5. The predicted molar refractivity (Wildman–Crippen MR) is 111 cm³/mol. The molecule has 1 aliphatic carbocycles. The molecule has 1 heterocycles. The molecule has 0 saturated carbocycles. The van der Waals surface area contributed by atoms with Crippen molar-refractivity contribution in [3.63, 3.8) is 0 Å². The Hall–Kier alpha value is -1.91. The highest BCUT2D eigenvalue weighted by Gasteiger charge is 2.47. The van der Waals surface area contributed by atoms with Gasteiger partial charge in [0.15, 0.2) is 5.78 Å². The normalized spacial score (nSPS) is 21.9. The van der Waals surface area contributed by atoms with Gasteiger partial charge in [-0.05, 0) is 86.5 Å². The fourth-order valence-corrected chi connectivity index (χ4v) is 4.70. The first kappa shape index (κ1) is 20.8. The highest BCUT2D eigenvalue weighted by atomic mass is 35.5. The Bertz CT molecular complexity index is 839. The molecule has 2 aliphatic rings. The number of rotatable bonds is 4. The number of nitrogens with zero attached hydrogens (tertiary/aromatic N) is 1. The van der Waals surface area contributed by atoms with Crippen LogP contribution in [0.3, 0.4) is 0 Å². The van der Waals surface area contributed by atoms with E-state index in [2.05, 4.69) is 4.90 Å². The molecular weight excluding hydrogens is 377 g/mol. The van der Waals surface area contributed by atoms with E-state index in [0.29, 0.717) is 0 Å². The molecule has 3 nitrogen and oxygen atoms in total. The number of halogens is 2. The van der Waals surface area contributed by atoms with Gasteiger partial charge in [-0.2, -0.15) is 0 Å². The van der Waals surface area contributed by atoms with Gasteiger partial charge in [-0.1, -0.05) is 12.1 Å². The quantitative estimate of drug-likeness (QED) is 0.730. The van der Waals surface area contributed by atoms with Gasteiger partial charge in [0.05, 0.1) is 12.6 Å². The molecule has 150 valence electrons. The van der Waals surface area contributed by atoms with Crippen LogP contribution in [0.2, 0.25) is 0 Å². The van der Waals surface area contributed by atoms with Crippen LogP contribution in [0.1, 0.15) is 47.2 Å². The SMILES string of the molecule is COc1ccc2c(c1)CC[C@@]1(CCCCN1CCc1ccc(F)cc1)C2=O.Cl. The van der Waals surface area contributed by atoms with Crippen LogP contribution >= 0.6 is 12.4 Å². The first-order valence-corrected chi connectivity index (χ1v) is 9.84. The number of ether oxygens (including phenoxy) is 1. The van der Waals surface area contributed by atoms with Gasteiger partial charge in [-0.3, -0.25) is 9.69 Å². The van der Waals surface area contributed by atoms with Gasteiger partial charge in [0.2, 0.25) is 0 Å². The third kappa shape index (κ3) is 3.81. The van der Waals surface area contributed by atoms with Gasteiger partial charge in [0, 0.05) is 12.1 Å². The first-order chi connectivity index (χ1) is 13.1. The summed E-state index contributed by atoms with van der Waals surface area (Å²) in [5.74, 6) is 0.877. The topological polar surface area (TPSA) is 29.5 Å². The maximum atomic E-state index is 13.5. The van der Waals surface area contributed by atoms with Crippen molar-refractivity contribution in [2.75, 3.05) is 20.2 Å². The van der Waals surface area contributed by atoms with Crippen molar-refractivity contribution < 1.29 is 13.9 Å². The Morgan fingerprint density at radius 3 is 2.64 bits per heavy atom. The molecular formula is C23H27ClFNO2. The number of ketones is 1. The minimum atomic E-state index is -0.375. The summed E-state index contributed by atoms with van der Waals surface area (Å²) in [6.45, 7) is 1.79. The smallest absolute Gasteiger partial charge is 0.183 e. The van der Waals surface area contributed by atoms with E-state index in [1.807, 2.05) is 30.3 Å². The lowest BCUT2D eigenvalue weighted by Crippen LogP contribution is -2.59. The molecule has 28 heavy (non-hydrogen) atoms. The lowest BCUT2D eigenvalue weighted by atomic mass is 9.71. The van der Waals surface area contributed by atoms with Crippen LogP contribution in [0, 0.1) is 5.82 Å². The zero-order valence-electron chi connectivity index (χ0n) is 16.2. The number of piperidine rings is 1. The molecule has 0 bridgehead atoms. The van der Waals surface area contributed by atoms with Crippen LogP contribution in [0.4, 0.5) is 4.39 Å². The fourth-order valence-electron chi connectivity index (χ4n) is 4.70. The highest BCUT2D eigenvalue weighted by Crippen LogP contribution is 2.40.